The van der Waals surface area contributed by atoms with Gasteiger partial charge < -0.3 is 25.8 Å². The summed E-state index contributed by atoms with van der Waals surface area (Å²) in [7, 11) is 0. The first-order valence-electron chi connectivity index (χ1n) is 18.9. The second-order valence-corrected chi connectivity index (χ2v) is 18.0. The van der Waals surface area contributed by atoms with Gasteiger partial charge in [0.25, 0.3) is 0 Å². The van der Waals surface area contributed by atoms with Gasteiger partial charge in [-0.1, -0.05) is 44.7 Å². The largest absolute Gasteiger partial charge is 0.508 e. The minimum atomic E-state index is -0.318. The van der Waals surface area contributed by atoms with Crippen molar-refractivity contribution in [3.05, 3.63) is 35.2 Å². The Kier molecular flexibility index (Phi) is 11.8. The van der Waals surface area contributed by atoms with Gasteiger partial charge >= 0.3 is 6.03 Å². The van der Waals surface area contributed by atoms with Crippen LogP contribution < -0.4 is 20.7 Å². The Morgan fingerprint density at radius 3 is 2.80 bits per heavy atom. The number of urea groups is 1. The van der Waals surface area contributed by atoms with E-state index in [0.29, 0.717) is 35.8 Å². The van der Waals surface area contributed by atoms with E-state index in [-0.39, 0.29) is 41.0 Å². The van der Waals surface area contributed by atoms with Crippen molar-refractivity contribution >= 4 is 35.3 Å². The monoisotopic (exact) mass is 728 g/mol. The molecule has 3 aliphatic heterocycles. The smallest absolute Gasteiger partial charge is 0.315 e. The van der Waals surface area contributed by atoms with Gasteiger partial charge in [-0.15, -0.1) is 16.7 Å². The number of benzene rings is 1. The van der Waals surface area contributed by atoms with Crippen LogP contribution in [0.15, 0.2) is 18.3 Å². The number of halogens is 1. The molecule has 10 nitrogen and oxygen atoms in total. The van der Waals surface area contributed by atoms with Crippen LogP contribution in [-0.2, 0) is 23.3 Å². The maximum Gasteiger partial charge on any atom is 0.315 e. The number of carbonyl (C=O) groups excluding carboxylic acids is 2. The molecule has 0 radical (unpaired) electrons. The molecule has 6 atom stereocenters. The third-order valence-electron chi connectivity index (χ3n) is 11.8. The Bertz CT molecular complexity index is 1500. The molecule has 4 heterocycles. The van der Waals surface area contributed by atoms with Crippen LogP contribution in [0.4, 0.5) is 4.79 Å². The van der Waals surface area contributed by atoms with Crippen molar-refractivity contribution in [3.63, 3.8) is 0 Å². The molecule has 276 valence electrons. The van der Waals surface area contributed by atoms with Crippen LogP contribution in [0.25, 0.3) is 0 Å². The molecule has 6 rings (SSSR count). The fourth-order valence-electron chi connectivity index (χ4n) is 8.88. The lowest BCUT2D eigenvalue weighted by atomic mass is 9.63. The van der Waals surface area contributed by atoms with Gasteiger partial charge in [0.2, 0.25) is 5.91 Å². The molecule has 4 aliphatic rings. The van der Waals surface area contributed by atoms with Crippen molar-refractivity contribution in [2.45, 2.75) is 152 Å². The van der Waals surface area contributed by atoms with Gasteiger partial charge in [0, 0.05) is 41.3 Å². The number of carbonyl (C=O) groups is 2. The van der Waals surface area contributed by atoms with Crippen LogP contribution in [0.5, 0.6) is 11.5 Å². The van der Waals surface area contributed by atoms with Crippen LogP contribution in [0.3, 0.4) is 0 Å². The third kappa shape index (κ3) is 8.68. The summed E-state index contributed by atoms with van der Waals surface area (Å²) in [5.74, 6) is 3.85. The van der Waals surface area contributed by atoms with Crippen molar-refractivity contribution in [3.8, 4) is 11.5 Å². The second kappa shape index (κ2) is 15.9. The maximum absolute atomic E-state index is 12.6. The van der Waals surface area contributed by atoms with E-state index in [1.54, 1.807) is 0 Å². The summed E-state index contributed by atoms with van der Waals surface area (Å²) in [5, 5.41) is 29.7. The van der Waals surface area contributed by atoms with E-state index in [4.69, 9.17) is 16.3 Å². The summed E-state index contributed by atoms with van der Waals surface area (Å²) in [6, 6.07) is 4.59. The number of aromatic hydroxyl groups is 1. The normalized spacial score (nSPS) is 26.7. The molecule has 0 bridgehead atoms. The van der Waals surface area contributed by atoms with E-state index < -0.39 is 0 Å². The highest BCUT2D eigenvalue weighted by Crippen LogP contribution is 2.56. The number of phenolic OH excluding ortho intramolecular Hbond substituents is 1. The molecule has 1 saturated carbocycles. The molecule has 4 N–H and O–H groups in total. The van der Waals surface area contributed by atoms with Gasteiger partial charge in [-0.25, -0.2) is 4.79 Å². The van der Waals surface area contributed by atoms with E-state index in [9.17, 15) is 14.7 Å². The van der Waals surface area contributed by atoms with Crippen molar-refractivity contribution in [1.82, 2.24) is 30.9 Å². The minimum Gasteiger partial charge on any atom is -0.508 e. The van der Waals surface area contributed by atoms with Gasteiger partial charge in [-0.05, 0) is 93.7 Å². The molecule has 0 spiro atoms. The molecule has 1 aromatic heterocycles. The molecular weight excluding hydrogens is 672 g/mol. The van der Waals surface area contributed by atoms with Crippen molar-refractivity contribution in [2.24, 2.45) is 11.8 Å². The number of hydrogen-bond donors (Lipinski definition) is 4. The summed E-state index contributed by atoms with van der Waals surface area (Å²) in [6.07, 6.45) is 13.9. The zero-order valence-electron chi connectivity index (χ0n) is 30.3. The molecule has 50 heavy (non-hydrogen) atoms. The summed E-state index contributed by atoms with van der Waals surface area (Å²) < 4.78 is 8.60. The number of unbranched alkanes of at least 4 members (excludes halogenated alkanes) is 4. The third-order valence-corrected chi connectivity index (χ3v) is 13.5. The van der Waals surface area contributed by atoms with Crippen LogP contribution >= 0.6 is 23.4 Å². The molecule has 3 amide bonds. The summed E-state index contributed by atoms with van der Waals surface area (Å²) in [6.45, 7) is 10.1. The van der Waals surface area contributed by atoms with E-state index in [0.717, 1.165) is 105 Å². The number of alkyl halides is 1. The van der Waals surface area contributed by atoms with Crippen molar-refractivity contribution in [2.75, 3.05) is 11.6 Å². The molecule has 0 unspecified atom stereocenters. The number of thioether (sulfide) groups is 1. The lowest BCUT2D eigenvalue weighted by molar-refractivity contribution is -0.121. The standard InChI is InChI=1S/C38H57ClN6O4S/c1-37(2,15-9-5-6-10-16-39)25-18-30(46)34-27-17-24(13-14-28(27)38(3,4)49-31(34)19-25)21-45-22-26(43-44-45)20-40-33(47)12-8-7-11-32-35-29(23-50-32)41-36(48)42-35/h18-19,22,24,27-29,32,35,46H,5-17,20-21,23H2,1-4H3,(H,40,47)(H2,41,42,48)/t24-,27-,28-,29+,32+,35+/m1/s1. The fourth-order valence-corrected chi connectivity index (χ4v) is 10.6. The zero-order chi connectivity index (χ0) is 35.5. The minimum absolute atomic E-state index is 0.0278. The number of nitrogens with one attached hydrogen (secondary N) is 3. The molecule has 2 aromatic rings. The number of hydrogen-bond acceptors (Lipinski definition) is 7. The SMILES string of the molecule is CC(C)(CCCCCCCl)c1cc(O)c2c(c1)OC(C)(C)[C@@H]1CC[C@@H](Cn3cc(CNC(=O)CCCC[C@@H]4SC[C@@H]5NC(=O)N[C@@H]54)nn3)C[C@@H]21. The van der Waals surface area contributed by atoms with Crippen molar-refractivity contribution in [1.29, 1.82) is 0 Å². The van der Waals surface area contributed by atoms with Gasteiger partial charge in [0.05, 0.1) is 24.8 Å². The number of aromatic nitrogens is 3. The first-order chi connectivity index (χ1) is 23.9. The Balaban J connectivity index is 0.990. The average Bonchev–Trinajstić information content (AvgIpc) is 3.77. The van der Waals surface area contributed by atoms with Crippen LogP contribution in [-0.4, -0.2) is 66.6 Å². The molecule has 3 fully saturated rings. The van der Waals surface area contributed by atoms with Crippen LogP contribution in [0.1, 0.15) is 127 Å². The van der Waals surface area contributed by atoms with Crippen LogP contribution in [0.2, 0.25) is 0 Å². The topological polar surface area (TPSA) is 130 Å². The van der Waals surface area contributed by atoms with E-state index in [1.165, 1.54) is 6.42 Å². The predicted molar refractivity (Wildman–Crippen MR) is 199 cm³/mol. The van der Waals surface area contributed by atoms with Gasteiger partial charge in [0.15, 0.2) is 0 Å². The maximum atomic E-state index is 12.6. The Labute approximate surface area is 307 Å². The molecular formula is C38H57ClN6O4S. The number of fused-ring (bicyclic) bond motifs is 4. The highest BCUT2D eigenvalue weighted by molar-refractivity contribution is 8.00. The first-order valence-corrected chi connectivity index (χ1v) is 20.5. The summed E-state index contributed by atoms with van der Waals surface area (Å²) >= 11 is 7.78. The first kappa shape index (κ1) is 37.1. The van der Waals surface area contributed by atoms with Crippen molar-refractivity contribution < 1.29 is 19.4 Å². The molecule has 2 saturated heterocycles. The van der Waals surface area contributed by atoms with E-state index in [1.807, 2.05) is 28.7 Å². The fraction of sp³-hybridized carbons (Fsp3) is 0.737. The van der Waals surface area contributed by atoms with E-state index >= 15 is 0 Å². The van der Waals surface area contributed by atoms with Gasteiger partial charge in [0.1, 0.15) is 22.8 Å². The Hall–Kier alpha value is -2.66. The quantitative estimate of drug-likeness (QED) is 0.0820. The molecule has 12 heteroatoms. The average molecular weight is 729 g/mol. The number of rotatable bonds is 16. The lowest BCUT2D eigenvalue weighted by Gasteiger charge is -2.49. The predicted octanol–water partition coefficient (Wildman–Crippen LogP) is 7.16. The van der Waals surface area contributed by atoms with Gasteiger partial charge in [-0.3, -0.25) is 9.48 Å². The highest BCUT2D eigenvalue weighted by atomic mass is 35.5. The zero-order valence-corrected chi connectivity index (χ0v) is 31.9. The Morgan fingerprint density at radius 1 is 1.16 bits per heavy atom. The Morgan fingerprint density at radius 2 is 1.98 bits per heavy atom. The van der Waals surface area contributed by atoms with Gasteiger partial charge in [-0.2, -0.15) is 11.8 Å². The number of amides is 3. The molecule has 1 aromatic carbocycles. The number of ether oxygens (including phenoxy) is 1. The van der Waals surface area contributed by atoms with E-state index in [2.05, 4.69) is 60.0 Å². The number of phenols is 1. The summed E-state index contributed by atoms with van der Waals surface area (Å²) in [4.78, 5) is 24.2. The van der Waals surface area contributed by atoms with Crippen LogP contribution in [0, 0.1) is 11.8 Å². The second-order valence-electron chi connectivity index (χ2n) is 16.3. The molecule has 1 aliphatic carbocycles. The summed E-state index contributed by atoms with van der Waals surface area (Å²) in [5.41, 5.74) is 2.48. The number of nitrogens with zero attached hydrogens (tertiary/aromatic N) is 3. The lowest BCUT2D eigenvalue weighted by Crippen LogP contribution is -2.47. The highest BCUT2D eigenvalue weighted by Gasteiger charge is 2.48.